The highest BCUT2D eigenvalue weighted by molar-refractivity contribution is 9.10. The van der Waals surface area contributed by atoms with E-state index in [0.717, 1.165) is 21.5 Å². The molecule has 0 saturated carbocycles. The third-order valence-corrected chi connectivity index (χ3v) is 5.54. The van der Waals surface area contributed by atoms with Crippen LogP contribution in [-0.4, -0.2) is 0 Å². The Morgan fingerprint density at radius 2 is 0.929 bits per heavy atom. The first-order chi connectivity index (χ1) is 13.8. The molecule has 5 rings (SSSR count). The first-order valence-corrected chi connectivity index (χ1v) is 10.1. The average molecular weight is 424 g/mol. The molecule has 134 valence electrons. The van der Waals surface area contributed by atoms with E-state index in [1.165, 1.54) is 21.5 Å². The van der Waals surface area contributed by atoms with Gasteiger partial charge in [0.2, 0.25) is 0 Å². The zero-order valence-electron chi connectivity index (χ0n) is 15.2. The van der Waals surface area contributed by atoms with Gasteiger partial charge in [0.25, 0.3) is 0 Å². The van der Waals surface area contributed by atoms with Gasteiger partial charge in [0, 0.05) is 21.5 Å². The molecule has 28 heavy (non-hydrogen) atoms. The Hall–Kier alpha value is -3.10. The van der Waals surface area contributed by atoms with E-state index in [1.54, 1.807) is 0 Å². The first-order valence-electron chi connectivity index (χ1n) is 9.31. The Kier molecular flexibility index (Phi) is 4.34. The van der Waals surface area contributed by atoms with E-state index < -0.39 is 0 Å². The molecular weight excluding hydrogens is 406 g/mol. The molecule has 1 nitrogen and oxygen atoms in total. The van der Waals surface area contributed by atoms with Crippen molar-refractivity contribution < 1.29 is 0 Å². The maximum atomic E-state index is 3.63. The quantitative estimate of drug-likeness (QED) is 0.282. The summed E-state index contributed by atoms with van der Waals surface area (Å²) < 4.78 is 1.07. The molecule has 0 aliphatic rings. The van der Waals surface area contributed by atoms with Crippen molar-refractivity contribution in [2.24, 2.45) is 0 Å². The van der Waals surface area contributed by atoms with Crippen molar-refractivity contribution in [3.05, 3.63) is 114 Å². The fourth-order valence-electron chi connectivity index (χ4n) is 3.69. The Bertz CT molecular complexity index is 1210. The Morgan fingerprint density at radius 3 is 1.46 bits per heavy atom. The van der Waals surface area contributed by atoms with Gasteiger partial charge in [0.05, 0.1) is 0 Å². The molecule has 2 heteroatoms. The molecule has 0 aromatic heterocycles. The van der Waals surface area contributed by atoms with E-state index >= 15 is 0 Å². The van der Waals surface area contributed by atoms with Crippen molar-refractivity contribution in [3.63, 3.8) is 0 Å². The van der Waals surface area contributed by atoms with E-state index in [1.807, 2.05) is 0 Å². The van der Waals surface area contributed by atoms with Crippen LogP contribution in [0.5, 0.6) is 0 Å². The molecule has 0 amide bonds. The molecule has 0 saturated heterocycles. The maximum Gasteiger partial charge on any atom is 0.0472 e. The van der Waals surface area contributed by atoms with Crippen molar-refractivity contribution in [2.45, 2.75) is 0 Å². The Balaban J connectivity index is 1.73. The minimum atomic E-state index is 1.07. The van der Waals surface area contributed by atoms with Crippen molar-refractivity contribution in [3.8, 4) is 0 Å². The summed E-state index contributed by atoms with van der Waals surface area (Å²) in [6, 6.07) is 38.7. The number of nitrogens with zero attached hydrogens (tertiary/aromatic N) is 1. The van der Waals surface area contributed by atoms with Gasteiger partial charge in [-0.3, -0.25) is 0 Å². The topological polar surface area (TPSA) is 3.24 Å². The predicted molar refractivity (Wildman–Crippen MR) is 124 cm³/mol. The first kappa shape index (κ1) is 17.0. The lowest BCUT2D eigenvalue weighted by Gasteiger charge is -2.26. The number of hydrogen-bond donors (Lipinski definition) is 0. The number of halogens is 1. The van der Waals surface area contributed by atoms with Crippen LogP contribution in [0.4, 0.5) is 17.1 Å². The number of benzene rings is 5. The second kappa shape index (κ2) is 7.14. The minimum absolute atomic E-state index is 1.07. The summed E-state index contributed by atoms with van der Waals surface area (Å²) in [6.45, 7) is 0. The standard InChI is InChI=1S/C26H18BrN/c27-23-10-5-11-24(18-23)28(25-14-12-19-6-1-3-8-21(19)16-25)26-15-13-20-7-2-4-9-22(20)17-26/h1-18H. The lowest BCUT2D eigenvalue weighted by molar-refractivity contribution is 1.29. The van der Waals surface area contributed by atoms with Gasteiger partial charge in [0.1, 0.15) is 0 Å². The lowest BCUT2D eigenvalue weighted by Crippen LogP contribution is -2.09. The van der Waals surface area contributed by atoms with Crippen LogP contribution in [0.2, 0.25) is 0 Å². The summed E-state index contributed by atoms with van der Waals surface area (Å²) in [5, 5.41) is 4.97. The monoisotopic (exact) mass is 423 g/mol. The van der Waals surface area contributed by atoms with E-state index in [-0.39, 0.29) is 0 Å². The lowest BCUT2D eigenvalue weighted by atomic mass is 10.1. The molecule has 0 unspecified atom stereocenters. The largest absolute Gasteiger partial charge is 0.310 e. The normalized spacial score (nSPS) is 11.0. The van der Waals surface area contributed by atoms with Crippen LogP contribution in [0.25, 0.3) is 21.5 Å². The van der Waals surface area contributed by atoms with Crippen LogP contribution in [-0.2, 0) is 0 Å². The van der Waals surface area contributed by atoms with Crippen LogP contribution >= 0.6 is 15.9 Å². The van der Waals surface area contributed by atoms with Crippen molar-refractivity contribution in [2.75, 3.05) is 4.90 Å². The SMILES string of the molecule is Brc1cccc(N(c2ccc3ccccc3c2)c2ccc3ccccc3c2)c1. The number of hydrogen-bond acceptors (Lipinski definition) is 1. The van der Waals surface area contributed by atoms with E-state index in [4.69, 9.17) is 0 Å². The Labute approximate surface area is 173 Å². The second-order valence-corrected chi connectivity index (χ2v) is 7.79. The number of fused-ring (bicyclic) bond motifs is 2. The smallest absolute Gasteiger partial charge is 0.0472 e. The molecule has 5 aromatic rings. The fourth-order valence-corrected chi connectivity index (χ4v) is 4.08. The van der Waals surface area contributed by atoms with Crippen molar-refractivity contribution in [1.82, 2.24) is 0 Å². The average Bonchev–Trinajstić information content (AvgIpc) is 2.74. The van der Waals surface area contributed by atoms with Crippen molar-refractivity contribution >= 4 is 54.5 Å². The number of rotatable bonds is 3. The van der Waals surface area contributed by atoms with Crippen LogP contribution in [0.1, 0.15) is 0 Å². The summed E-state index contributed by atoms with van der Waals surface area (Å²) in [7, 11) is 0. The molecule has 0 radical (unpaired) electrons. The molecule has 5 aromatic carbocycles. The number of anilines is 3. The summed E-state index contributed by atoms with van der Waals surface area (Å²) in [5.74, 6) is 0. The molecule has 0 fully saturated rings. The van der Waals surface area contributed by atoms with Crippen molar-refractivity contribution in [1.29, 1.82) is 0 Å². The van der Waals surface area contributed by atoms with Gasteiger partial charge in [-0.05, 0) is 64.0 Å². The molecule has 0 atom stereocenters. The van der Waals surface area contributed by atoms with E-state index in [0.29, 0.717) is 0 Å². The van der Waals surface area contributed by atoms with Gasteiger partial charge in [-0.2, -0.15) is 0 Å². The zero-order valence-corrected chi connectivity index (χ0v) is 16.8. The molecule has 0 aliphatic carbocycles. The molecular formula is C26H18BrN. The van der Waals surface area contributed by atoms with E-state index in [9.17, 15) is 0 Å². The third kappa shape index (κ3) is 3.17. The Morgan fingerprint density at radius 1 is 0.429 bits per heavy atom. The third-order valence-electron chi connectivity index (χ3n) is 5.05. The van der Waals surface area contributed by atoms with Crippen LogP contribution in [0.15, 0.2) is 114 Å². The molecule has 0 heterocycles. The fraction of sp³-hybridized carbons (Fsp3) is 0. The summed E-state index contributed by atoms with van der Waals surface area (Å²) in [4.78, 5) is 2.31. The van der Waals surface area contributed by atoms with Gasteiger partial charge in [-0.25, -0.2) is 0 Å². The van der Waals surface area contributed by atoms with Gasteiger partial charge in [-0.15, -0.1) is 0 Å². The van der Waals surface area contributed by atoms with Gasteiger partial charge < -0.3 is 4.90 Å². The van der Waals surface area contributed by atoms with Gasteiger partial charge in [0.15, 0.2) is 0 Å². The predicted octanol–water partition coefficient (Wildman–Crippen LogP) is 8.23. The zero-order chi connectivity index (χ0) is 18.9. The highest BCUT2D eigenvalue weighted by atomic mass is 79.9. The molecule has 0 bridgehead atoms. The van der Waals surface area contributed by atoms with Crippen LogP contribution < -0.4 is 4.90 Å². The molecule has 0 spiro atoms. The summed E-state index contributed by atoms with van der Waals surface area (Å²) in [5.41, 5.74) is 3.42. The maximum absolute atomic E-state index is 3.63. The van der Waals surface area contributed by atoms with Crippen LogP contribution in [0, 0.1) is 0 Å². The van der Waals surface area contributed by atoms with Gasteiger partial charge in [-0.1, -0.05) is 82.7 Å². The molecule has 0 aliphatic heterocycles. The van der Waals surface area contributed by atoms with Crippen LogP contribution in [0.3, 0.4) is 0 Å². The minimum Gasteiger partial charge on any atom is -0.310 e. The summed E-state index contributed by atoms with van der Waals surface area (Å²) >= 11 is 3.63. The second-order valence-electron chi connectivity index (χ2n) is 6.88. The summed E-state index contributed by atoms with van der Waals surface area (Å²) in [6.07, 6.45) is 0. The molecule has 0 N–H and O–H groups in total. The van der Waals surface area contributed by atoms with E-state index in [2.05, 4.69) is 130 Å². The highest BCUT2D eigenvalue weighted by Crippen LogP contribution is 2.38. The highest BCUT2D eigenvalue weighted by Gasteiger charge is 2.13. The van der Waals surface area contributed by atoms with Gasteiger partial charge >= 0.3 is 0 Å².